The average molecular weight is 297 g/mol. The number of urea groups is 1. The van der Waals surface area contributed by atoms with Crippen LogP contribution in [0.25, 0.3) is 0 Å². The number of nitrogens with one attached hydrogen (secondary N) is 3. The highest BCUT2D eigenvalue weighted by molar-refractivity contribution is 7.99. The third kappa shape index (κ3) is 4.84. The van der Waals surface area contributed by atoms with Crippen LogP contribution in [0, 0.1) is 5.92 Å². The average Bonchev–Trinajstić information content (AvgIpc) is 3.13. The number of hydrogen-bond donors (Lipinski definition) is 3. The van der Waals surface area contributed by atoms with E-state index in [1.807, 2.05) is 13.8 Å². The molecule has 1 aliphatic rings. The van der Waals surface area contributed by atoms with Gasteiger partial charge in [0.25, 0.3) is 0 Å². The standard InChI is InChI=1S/C12H19N5O2S/c1-7(2)5-13-11(19)14-9(18)6-20-12-15-10(16-17-12)8-3-4-8/h7-8H,3-6H2,1-2H3,(H,15,16,17)(H2,13,14,18,19). The molecule has 0 unspecified atom stereocenters. The zero-order chi connectivity index (χ0) is 14.5. The Bertz CT molecular complexity index is 484. The Morgan fingerprint density at radius 3 is 2.85 bits per heavy atom. The van der Waals surface area contributed by atoms with Crippen molar-refractivity contribution in [3.8, 4) is 0 Å². The Morgan fingerprint density at radius 1 is 1.45 bits per heavy atom. The summed E-state index contributed by atoms with van der Waals surface area (Å²) in [5, 5.41) is 12.3. The molecular weight excluding hydrogens is 278 g/mol. The Hall–Kier alpha value is -1.57. The van der Waals surface area contributed by atoms with Crippen LogP contribution in [0.15, 0.2) is 5.16 Å². The maximum Gasteiger partial charge on any atom is 0.321 e. The normalized spacial score (nSPS) is 14.3. The van der Waals surface area contributed by atoms with Crippen LogP contribution >= 0.6 is 11.8 Å². The van der Waals surface area contributed by atoms with Crippen LogP contribution in [0.1, 0.15) is 38.4 Å². The summed E-state index contributed by atoms with van der Waals surface area (Å²) in [5.41, 5.74) is 0. The number of H-pyrrole nitrogens is 1. The lowest BCUT2D eigenvalue weighted by molar-refractivity contribution is -0.117. The summed E-state index contributed by atoms with van der Waals surface area (Å²) < 4.78 is 0. The summed E-state index contributed by atoms with van der Waals surface area (Å²) in [6.45, 7) is 4.51. The van der Waals surface area contributed by atoms with Crippen LogP contribution in [0.2, 0.25) is 0 Å². The van der Waals surface area contributed by atoms with Crippen molar-refractivity contribution < 1.29 is 9.59 Å². The van der Waals surface area contributed by atoms with E-state index >= 15 is 0 Å². The highest BCUT2D eigenvalue weighted by atomic mass is 32.2. The van der Waals surface area contributed by atoms with Crippen LogP contribution in [-0.2, 0) is 4.79 Å². The van der Waals surface area contributed by atoms with Gasteiger partial charge in [-0.15, -0.1) is 5.10 Å². The van der Waals surface area contributed by atoms with E-state index in [-0.39, 0.29) is 11.7 Å². The topological polar surface area (TPSA) is 99.8 Å². The lowest BCUT2D eigenvalue weighted by Gasteiger charge is -2.07. The number of imide groups is 1. The molecule has 0 saturated heterocycles. The van der Waals surface area contributed by atoms with Crippen molar-refractivity contribution in [2.75, 3.05) is 12.3 Å². The number of rotatable bonds is 6. The monoisotopic (exact) mass is 297 g/mol. The van der Waals surface area contributed by atoms with E-state index in [1.165, 1.54) is 11.8 Å². The molecule has 0 radical (unpaired) electrons. The van der Waals surface area contributed by atoms with E-state index < -0.39 is 6.03 Å². The van der Waals surface area contributed by atoms with E-state index in [4.69, 9.17) is 0 Å². The van der Waals surface area contributed by atoms with E-state index in [0.29, 0.717) is 23.5 Å². The summed E-state index contributed by atoms with van der Waals surface area (Å²) in [6.07, 6.45) is 2.30. The first-order valence-corrected chi connectivity index (χ1v) is 7.66. The lowest BCUT2D eigenvalue weighted by atomic mass is 10.2. The fourth-order valence-electron chi connectivity index (χ4n) is 1.50. The molecule has 0 bridgehead atoms. The van der Waals surface area contributed by atoms with Crippen molar-refractivity contribution in [2.24, 2.45) is 5.92 Å². The van der Waals surface area contributed by atoms with E-state index in [0.717, 1.165) is 18.7 Å². The van der Waals surface area contributed by atoms with Crippen LogP contribution in [-0.4, -0.2) is 39.4 Å². The molecule has 0 aliphatic heterocycles. The molecule has 3 N–H and O–H groups in total. The predicted octanol–water partition coefficient (Wildman–Crippen LogP) is 1.26. The van der Waals surface area contributed by atoms with Crippen LogP contribution < -0.4 is 10.6 Å². The number of aromatic nitrogens is 3. The lowest BCUT2D eigenvalue weighted by Crippen LogP contribution is -2.41. The molecule has 1 aliphatic carbocycles. The molecule has 1 saturated carbocycles. The molecule has 20 heavy (non-hydrogen) atoms. The van der Waals surface area contributed by atoms with Gasteiger partial charge in [0.2, 0.25) is 11.1 Å². The second kappa shape index (κ2) is 6.74. The van der Waals surface area contributed by atoms with Crippen LogP contribution in [0.3, 0.4) is 0 Å². The van der Waals surface area contributed by atoms with Crippen molar-refractivity contribution >= 4 is 23.7 Å². The van der Waals surface area contributed by atoms with Gasteiger partial charge in [-0.1, -0.05) is 25.6 Å². The van der Waals surface area contributed by atoms with Gasteiger partial charge in [-0.3, -0.25) is 15.2 Å². The first-order valence-electron chi connectivity index (χ1n) is 6.67. The van der Waals surface area contributed by atoms with Gasteiger partial charge in [-0.25, -0.2) is 9.78 Å². The SMILES string of the molecule is CC(C)CNC(=O)NC(=O)CSc1n[nH]c(C2CC2)n1. The van der Waals surface area contributed by atoms with Gasteiger partial charge in [-0.2, -0.15) is 0 Å². The van der Waals surface area contributed by atoms with Crippen LogP contribution in [0.4, 0.5) is 4.79 Å². The zero-order valence-electron chi connectivity index (χ0n) is 11.6. The van der Waals surface area contributed by atoms with E-state index in [2.05, 4.69) is 25.8 Å². The summed E-state index contributed by atoms with van der Waals surface area (Å²) in [5.74, 6) is 1.51. The molecule has 1 aromatic rings. The fourth-order valence-corrected chi connectivity index (χ4v) is 2.10. The Kier molecular flexibility index (Phi) is 4.99. The zero-order valence-corrected chi connectivity index (χ0v) is 12.4. The van der Waals surface area contributed by atoms with E-state index in [9.17, 15) is 9.59 Å². The molecule has 1 heterocycles. The Balaban J connectivity index is 1.67. The first kappa shape index (κ1) is 14.8. The number of carbonyl (C=O) groups excluding carboxylic acids is 2. The summed E-state index contributed by atoms with van der Waals surface area (Å²) in [4.78, 5) is 27.2. The Labute approximate surface area is 121 Å². The van der Waals surface area contributed by atoms with Crippen molar-refractivity contribution in [1.29, 1.82) is 0 Å². The fraction of sp³-hybridized carbons (Fsp3) is 0.667. The van der Waals surface area contributed by atoms with Gasteiger partial charge in [0.1, 0.15) is 5.82 Å². The number of nitrogens with zero attached hydrogens (tertiary/aromatic N) is 2. The Morgan fingerprint density at radius 2 is 2.20 bits per heavy atom. The first-order chi connectivity index (χ1) is 9.54. The highest BCUT2D eigenvalue weighted by Gasteiger charge is 2.27. The smallest absolute Gasteiger partial charge is 0.321 e. The van der Waals surface area contributed by atoms with Crippen LogP contribution in [0.5, 0.6) is 0 Å². The minimum atomic E-state index is -0.460. The summed E-state index contributed by atoms with van der Waals surface area (Å²) in [7, 11) is 0. The minimum Gasteiger partial charge on any atom is -0.338 e. The third-order valence-corrected chi connectivity index (χ3v) is 3.55. The molecule has 3 amide bonds. The van der Waals surface area contributed by atoms with Gasteiger partial charge < -0.3 is 5.32 Å². The third-order valence-electron chi connectivity index (χ3n) is 2.70. The van der Waals surface area contributed by atoms with Crippen molar-refractivity contribution in [2.45, 2.75) is 37.8 Å². The highest BCUT2D eigenvalue weighted by Crippen LogP contribution is 2.38. The maximum atomic E-state index is 11.6. The van der Waals surface area contributed by atoms with Gasteiger partial charge in [0, 0.05) is 12.5 Å². The molecule has 0 atom stereocenters. The second-order valence-electron chi connectivity index (χ2n) is 5.22. The quantitative estimate of drug-likeness (QED) is 0.686. The van der Waals surface area contributed by atoms with Crippen molar-refractivity contribution in [3.05, 3.63) is 5.82 Å². The number of hydrogen-bond acceptors (Lipinski definition) is 5. The second-order valence-corrected chi connectivity index (χ2v) is 6.16. The molecule has 8 heteroatoms. The van der Waals surface area contributed by atoms with Crippen molar-refractivity contribution in [3.63, 3.8) is 0 Å². The molecule has 1 fully saturated rings. The molecule has 7 nitrogen and oxygen atoms in total. The summed E-state index contributed by atoms with van der Waals surface area (Å²) >= 11 is 1.22. The molecular formula is C12H19N5O2S. The summed E-state index contributed by atoms with van der Waals surface area (Å²) in [6, 6.07) is -0.460. The maximum absolute atomic E-state index is 11.6. The largest absolute Gasteiger partial charge is 0.338 e. The predicted molar refractivity (Wildman–Crippen MR) is 75.5 cm³/mol. The number of amides is 3. The van der Waals surface area contributed by atoms with Crippen molar-refractivity contribution in [1.82, 2.24) is 25.8 Å². The molecule has 0 spiro atoms. The van der Waals surface area contributed by atoms with Gasteiger partial charge in [-0.05, 0) is 18.8 Å². The van der Waals surface area contributed by atoms with E-state index in [1.54, 1.807) is 0 Å². The minimum absolute atomic E-state index is 0.122. The van der Waals surface area contributed by atoms with Gasteiger partial charge in [0.15, 0.2) is 0 Å². The molecule has 2 rings (SSSR count). The van der Waals surface area contributed by atoms with Gasteiger partial charge >= 0.3 is 6.03 Å². The molecule has 110 valence electrons. The number of carbonyl (C=O) groups is 2. The van der Waals surface area contributed by atoms with Gasteiger partial charge in [0.05, 0.1) is 5.75 Å². The number of aromatic amines is 1. The molecule has 1 aromatic heterocycles. The number of thioether (sulfide) groups is 1. The molecule has 0 aromatic carbocycles.